The Balaban J connectivity index is 1.46. The molecular weight excluding hydrogens is 585 g/mol. The summed E-state index contributed by atoms with van der Waals surface area (Å²) in [5, 5.41) is 25.2. The van der Waals surface area contributed by atoms with Crippen LogP contribution in [0.25, 0.3) is 11.0 Å². The molecule has 230 valence electrons. The second kappa shape index (κ2) is 13.0. The summed E-state index contributed by atoms with van der Waals surface area (Å²) in [6, 6.07) is 10.7. The highest BCUT2D eigenvalue weighted by Gasteiger charge is 2.54. The summed E-state index contributed by atoms with van der Waals surface area (Å²) in [6.45, 7) is 6.77. The molecule has 4 rings (SSSR count). The minimum atomic E-state index is -3.97. The fourth-order valence-electron chi connectivity index (χ4n) is 4.34. The fraction of sp³-hybridized carbons (Fsp3) is 0.519. The lowest BCUT2D eigenvalue weighted by molar-refractivity contribution is -0.118. The van der Waals surface area contributed by atoms with Gasteiger partial charge in [0.25, 0.3) is 5.56 Å². The predicted octanol–water partition coefficient (Wildman–Crippen LogP) is 2.94. The monoisotopic (exact) mass is 623 g/mol. The molecule has 1 aliphatic rings. The normalized spacial score (nSPS) is 24.2. The van der Waals surface area contributed by atoms with Gasteiger partial charge in [-0.25, -0.2) is 9.65 Å². The zero-order valence-corrected chi connectivity index (χ0v) is 25.7. The summed E-state index contributed by atoms with van der Waals surface area (Å²) < 4.78 is 32.5. The van der Waals surface area contributed by atoms with Crippen LogP contribution in [-0.2, 0) is 29.7 Å². The number of nitrogen functional groups attached to an aromatic ring is 1. The van der Waals surface area contributed by atoms with Crippen LogP contribution in [0.3, 0.4) is 0 Å². The average molecular weight is 624 g/mol. The van der Waals surface area contributed by atoms with E-state index in [2.05, 4.69) is 15.1 Å². The first-order valence-electron chi connectivity index (χ1n) is 13.5. The molecule has 1 aliphatic heterocycles. The highest BCUT2D eigenvalue weighted by molar-refractivity contribution is 8.13. The molecule has 0 radical (unpaired) electrons. The number of benzene rings is 1. The van der Waals surface area contributed by atoms with Crippen LogP contribution >= 0.6 is 19.5 Å². The van der Waals surface area contributed by atoms with Gasteiger partial charge in [0.1, 0.15) is 17.8 Å². The molecule has 2 aromatic heterocycles. The van der Waals surface area contributed by atoms with E-state index in [1.165, 1.54) is 23.8 Å². The third-order valence-electron chi connectivity index (χ3n) is 7.35. The number of aromatic nitrogens is 3. The van der Waals surface area contributed by atoms with Crippen LogP contribution in [0, 0.1) is 5.41 Å². The summed E-state index contributed by atoms with van der Waals surface area (Å²) in [6.07, 6.45) is -1.58. The molecule has 15 heteroatoms. The van der Waals surface area contributed by atoms with Gasteiger partial charge < -0.3 is 25.3 Å². The van der Waals surface area contributed by atoms with E-state index in [9.17, 15) is 24.4 Å². The van der Waals surface area contributed by atoms with Gasteiger partial charge in [0.05, 0.1) is 18.6 Å². The van der Waals surface area contributed by atoms with Crippen molar-refractivity contribution in [3.05, 3.63) is 58.5 Å². The lowest BCUT2D eigenvalue weighted by Crippen LogP contribution is -2.44. The number of carbonyl (C=O) groups excluding carboxylic acids is 1. The molecule has 1 fully saturated rings. The van der Waals surface area contributed by atoms with Crippen LogP contribution < -0.4 is 16.4 Å². The highest BCUT2D eigenvalue weighted by Crippen LogP contribution is 2.47. The van der Waals surface area contributed by atoms with E-state index in [0.717, 1.165) is 17.3 Å². The number of nitrogens with zero attached hydrogens (tertiary/aromatic N) is 2. The minimum Gasteiger partial charge on any atom is -0.387 e. The predicted molar refractivity (Wildman–Crippen MR) is 160 cm³/mol. The van der Waals surface area contributed by atoms with E-state index < -0.39 is 49.4 Å². The minimum absolute atomic E-state index is 0.00752. The Bertz CT molecular complexity index is 1490. The fourth-order valence-corrected chi connectivity index (χ4v) is 6.66. The van der Waals surface area contributed by atoms with Crippen molar-refractivity contribution in [1.29, 1.82) is 0 Å². The van der Waals surface area contributed by atoms with Gasteiger partial charge in [-0.1, -0.05) is 62.9 Å². The highest BCUT2D eigenvalue weighted by atomic mass is 32.2. The van der Waals surface area contributed by atoms with Crippen LogP contribution in [0.5, 0.6) is 0 Å². The van der Waals surface area contributed by atoms with Crippen molar-refractivity contribution < 1.29 is 33.4 Å². The number of anilines is 1. The second-order valence-corrected chi connectivity index (χ2v) is 13.8. The Kier molecular flexibility index (Phi) is 10.0. The van der Waals surface area contributed by atoms with Gasteiger partial charge in [-0.05, 0) is 25.0 Å². The first-order valence-corrected chi connectivity index (χ1v) is 16.1. The topological polar surface area (TPSA) is 191 Å². The molecule has 0 saturated carbocycles. The molecule has 5 atom stereocenters. The summed E-state index contributed by atoms with van der Waals surface area (Å²) in [7, 11) is -3.97. The zero-order chi connectivity index (χ0) is 30.7. The third kappa shape index (κ3) is 7.14. The molecule has 1 saturated heterocycles. The summed E-state index contributed by atoms with van der Waals surface area (Å²) in [5.41, 5.74) is 3.91. The summed E-state index contributed by atoms with van der Waals surface area (Å²) in [5.74, 6) is 0.143. The Morgan fingerprint density at radius 1 is 1.31 bits per heavy atom. The first kappa shape index (κ1) is 32.4. The molecule has 0 spiro atoms. The van der Waals surface area contributed by atoms with Gasteiger partial charge in [0.15, 0.2) is 17.0 Å². The maximum Gasteiger partial charge on any atom is 0.405 e. The summed E-state index contributed by atoms with van der Waals surface area (Å²) >= 11 is 1.10. The molecule has 0 amide bonds. The number of thioether (sulfide) groups is 1. The number of ether oxygens (including phenoxy) is 1. The van der Waals surface area contributed by atoms with Gasteiger partial charge in [0, 0.05) is 23.9 Å². The molecule has 3 aromatic rings. The molecule has 1 aromatic carbocycles. The molecule has 2 unspecified atom stereocenters. The molecule has 0 bridgehead atoms. The van der Waals surface area contributed by atoms with Crippen molar-refractivity contribution in [3.63, 3.8) is 0 Å². The number of aliphatic hydroxyl groups is 2. The quantitative estimate of drug-likeness (QED) is 0.138. The maximum absolute atomic E-state index is 13.8. The molecule has 13 nitrogen and oxygen atoms in total. The van der Waals surface area contributed by atoms with Crippen molar-refractivity contribution >= 4 is 41.6 Å². The van der Waals surface area contributed by atoms with Crippen LogP contribution in [0.2, 0.25) is 0 Å². The van der Waals surface area contributed by atoms with E-state index in [1.807, 2.05) is 51.1 Å². The molecule has 3 heterocycles. The number of H-pyrrole nitrogens is 1. The Morgan fingerprint density at radius 2 is 2.02 bits per heavy atom. The van der Waals surface area contributed by atoms with Gasteiger partial charge in [0.2, 0.25) is 5.95 Å². The smallest absolute Gasteiger partial charge is 0.387 e. The Labute approximate surface area is 247 Å². The number of nitrogens with one attached hydrogen (secondary N) is 2. The number of aliphatic hydroxyl groups excluding tert-OH is 1. The van der Waals surface area contributed by atoms with Gasteiger partial charge in [-0.2, -0.15) is 4.98 Å². The number of aromatic amines is 1. The van der Waals surface area contributed by atoms with Crippen molar-refractivity contribution in [2.75, 3.05) is 24.7 Å². The van der Waals surface area contributed by atoms with Gasteiger partial charge in [-0.3, -0.25) is 23.6 Å². The number of fused-ring (bicyclic) bond motifs is 1. The van der Waals surface area contributed by atoms with Gasteiger partial charge >= 0.3 is 7.75 Å². The molecule has 42 heavy (non-hydrogen) atoms. The van der Waals surface area contributed by atoms with Crippen LogP contribution in [0.4, 0.5) is 5.95 Å². The van der Waals surface area contributed by atoms with Crippen molar-refractivity contribution in [1.82, 2.24) is 19.6 Å². The van der Waals surface area contributed by atoms with Gasteiger partial charge in [-0.15, -0.1) is 0 Å². The number of hydrogen-bond donors (Lipinski definition) is 5. The largest absolute Gasteiger partial charge is 0.405 e. The number of nitrogens with two attached hydrogens (primary N) is 1. The Morgan fingerprint density at radius 3 is 2.71 bits per heavy atom. The lowest BCUT2D eigenvalue weighted by atomic mass is 9.92. The van der Waals surface area contributed by atoms with Crippen LogP contribution in [0.1, 0.15) is 45.9 Å². The molecule has 0 aliphatic carbocycles. The van der Waals surface area contributed by atoms with E-state index in [1.54, 1.807) is 0 Å². The third-order valence-corrected chi connectivity index (χ3v) is 10.1. The first-order chi connectivity index (χ1) is 19.8. The standard InChI is InChI=1S/C27H38N5O8PS/c1-5-26(2,3)24(35)42-14-13-38-41(37,29-15-17-9-7-6-8-10-17)39-16-19-20(33)27(4,36)23(40-19)32-12-11-18-21(32)30-25(28)31-22(18)34/h6-12,19-20,23,33,36H,5,13-16H2,1-4H3,(H,29,37)(H3,28,30,31,34)/t19-,20+,23-,27?,41?/m1/s1. The van der Waals surface area contributed by atoms with E-state index >= 15 is 0 Å². The van der Waals surface area contributed by atoms with E-state index in [0.29, 0.717) is 6.42 Å². The summed E-state index contributed by atoms with van der Waals surface area (Å²) in [4.78, 5) is 31.3. The zero-order valence-electron chi connectivity index (χ0n) is 24.0. The second-order valence-electron chi connectivity index (χ2n) is 10.9. The van der Waals surface area contributed by atoms with E-state index in [-0.39, 0.29) is 41.0 Å². The van der Waals surface area contributed by atoms with Crippen molar-refractivity contribution in [2.45, 2.75) is 64.7 Å². The molecule has 6 N–H and O–H groups in total. The number of rotatable bonds is 13. The Hall–Kier alpha value is -2.55. The SMILES string of the molecule is CCC(C)(C)C(=O)SCCOP(=O)(NCc1ccccc1)OC[C@H]1O[C@@H](n2ccc3c(=O)[nH]c(N)nc32)C(C)(O)[C@H]1O. The van der Waals surface area contributed by atoms with Crippen molar-refractivity contribution in [2.24, 2.45) is 5.41 Å². The maximum atomic E-state index is 13.8. The average Bonchev–Trinajstić information content (AvgIpc) is 3.47. The number of carbonyl (C=O) groups is 1. The van der Waals surface area contributed by atoms with Crippen LogP contribution in [-0.4, -0.2) is 66.6 Å². The van der Waals surface area contributed by atoms with Crippen molar-refractivity contribution in [3.8, 4) is 0 Å². The van der Waals surface area contributed by atoms with Crippen LogP contribution in [0.15, 0.2) is 47.4 Å². The van der Waals surface area contributed by atoms with E-state index in [4.69, 9.17) is 19.5 Å². The number of hydrogen-bond acceptors (Lipinski definition) is 11. The molecular formula is C27H38N5O8PS. The lowest BCUT2D eigenvalue weighted by Gasteiger charge is -2.27.